The van der Waals surface area contributed by atoms with Crippen LogP contribution in [0.4, 0.5) is 0 Å². The van der Waals surface area contributed by atoms with Gasteiger partial charge in [0.05, 0.1) is 0 Å². The van der Waals surface area contributed by atoms with E-state index in [0.29, 0.717) is 29.3 Å². The van der Waals surface area contributed by atoms with Crippen molar-refractivity contribution in [3.63, 3.8) is 0 Å². The average molecular weight is 383 g/mol. The third-order valence-electron chi connectivity index (χ3n) is 6.06. The van der Waals surface area contributed by atoms with Crippen LogP contribution in [0.1, 0.15) is 54.4 Å². The van der Waals surface area contributed by atoms with Gasteiger partial charge in [-0.2, -0.15) is 0 Å². The Hall–Kier alpha value is -2.18. The molecular weight excluding hydrogens is 352 g/mol. The molecule has 1 amide bonds. The summed E-state index contributed by atoms with van der Waals surface area (Å²) in [5.41, 5.74) is 8.71. The molecule has 1 aromatic heterocycles. The van der Waals surface area contributed by atoms with Crippen molar-refractivity contribution in [1.29, 1.82) is 0 Å². The Morgan fingerprint density at radius 2 is 2.14 bits per heavy atom. The van der Waals surface area contributed by atoms with Crippen molar-refractivity contribution in [1.82, 2.24) is 20.7 Å². The lowest BCUT2D eigenvalue weighted by Crippen LogP contribution is -2.49. The number of carbonyl (C=O) groups is 1. The predicted octanol–water partition coefficient (Wildman–Crippen LogP) is 2.99. The zero-order chi connectivity index (χ0) is 19.5. The molecule has 2 aliphatic rings. The zero-order valence-corrected chi connectivity index (χ0v) is 16.7. The molecule has 3 heterocycles. The molecule has 6 heteroatoms. The molecule has 28 heavy (non-hydrogen) atoms. The maximum Gasteiger partial charge on any atom is 0.276 e. The number of nitrogens with zero attached hydrogens (tertiary/aromatic N) is 2. The molecule has 6 nitrogen and oxygen atoms in total. The predicted molar refractivity (Wildman–Crippen MR) is 108 cm³/mol. The molecule has 0 spiro atoms. The molecule has 3 unspecified atom stereocenters. The second kappa shape index (κ2) is 8.45. The second-order valence-corrected chi connectivity index (χ2v) is 8.37. The van der Waals surface area contributed by atoms with E-state index in [4.69, 9.17) is 4.42 Å². The Balaban J connectivity index is 1.44. The molecule has 2 aliphatic heterocycles. The van der Waals surface area contributed by atoms with Gasteiger partial charge in [0.15, 0.2) is 12.1 Å². The number of benzene rings is 1. The molecule has 4 rings (SSSR count). The largest absolute Gasteiger partial charge is 0.447 e. The number of aromatic nitrogens is 1. The van der Waals surface area contributed by atoms with Gasteiger partial charge in [0, 0.05) is 31.6 Å². The van der Waals surface area contributed by atoms with Crippen molar-refractivity contribution in [2.75, 3.05) is 19.6 Å². The van der Waals surface area contributed by atoms with Crippen molar-refractivity contribution >= 4 is 5.91 Å². The van der Waals surface area contributed by atoms with Crippen LogP contribution in [0.3, 0.4) is 0 Å². The SMILES string of the molecule is CC(C)c1ocnc1C(=O)N1CCCC(C2NNCC2Cc2ccccc2)C1. The molecule has 2 fully saturated rings. The highest BCUT2D eigenvalue weighted by Crippen LogP contribution is 2.29. The van der Waals surface area contributed by atoms with E-state index >= 15 is 0 Å². The number of hydrogen-bond acceptors (Lipinski definition) is 5. The topological polar surface area (TPSA) is 70.4 Å². The monoisotopic (exact) mass is 382 g/mol. The van der Waals surface area contributed by atoms with Crippen molar-refractivity contribution in [2.24, 2.45) is 11.8 Å². The van der Waals surface area contributed by atoms with Gasteiger partial charge >= 0.3 is 0 Å². The first-order chi connectivity index (χ1) is 13.6. The number of amides is 1. The van der Waals surface area contributed by atoms with E-state index in [1.807, 2.05) is 18.7 Å². The Morgan fingerprint density at radius 3 is 2.93 bits per heavy atom. The van der Waals surface area contributed by atoms with Gasteiger partial charge in [0.25, 0.3) is 5.91 Å². The van der Waals surface area contributed by atoms with E-state index in [9.17, 15) is 4.79 Å². The van der Waals surface area contributed by atoms with Crippen LogP contribution in [0, 0.1) is 11.8 Å². The quantitative estimate of drug-likeness (QED) is 0.832. The van der Waals surface area contributed by atoms with E-state index in [1.165, 1.54) is 12.0 Å². The Morgan fingerprint density at radius 1 is 1.32 bits per heavy atom. The summed E-state index contributed by atoms with van der Waals surface area (Å²) in [5, 5.41) is 0. The lowest BCUT2D eigenvalue weighted by molar-refractivity contribution is 0.0627. The van der Waals surface area contributed by atoms with Crippen LogP contribution in [0.2, 0.25) is 0 Å². The van der Waals surface area contributed by atoms with Gasteiger partial charge in [0.1, 0.15) is 5.76 Å². The van der Waals surface area contributed by atoms with E-state index in [2.05, 4.69) is 46.2 Å². The van der Waals surface area contributed by atoms with E-state index < -0.39 is 0 Å². The first kappa shape index (κ1) is 19.2. The van der Waals surface area contributed by atoms with Gasteiger partial charge < -0.3 is 9.32 Å². The minimum Gasteiger partial charge on any atom is -0.447 e. The number of oxazole rings is 1. The normalized spacial score (nSPS) is 25.4. The third kappa shape index (κ3) is 3.98. The second-order valence-electron chi connectivity index (χ2n) is 8.37. The van der Waals surface area contributed by atoms with Crippen LogP contribution >= 0.6 is 0 Å². The summed E-state index contributed by atoms with van der Waals surface area (Å²) in [6.07, 6.45) is 4.62. The highest BCUT2D eigenvalue weighted by molar-refractivity contribution is 5.93. The van der Waals surface area contributed by atoms with Gasteiger partial charge in [-0.05, 0) is 36.7 Å². The molecule has 2 N–H and O–H groups in total. The minimum atomic E-state index is 0.00714. The van der Waals surface area contributed by atoms with Gasteiger partial charge in [-0.1, -0.05) is 44.2 Å². The fourth-order valence-corrected chi connectivity index (χ4v) is 4.63. The van der Waals surface area contributed by atoms with E-state index in [0.717, 1.165) is 38.9 Å². The van der Waals surface area contributed by atoms with Crippen LogP contribution in [-0.4, -0.2) is 41.5 Å². The van der Waals surface area contributed by atoms with Crippen molar-refractivity contribution in [3.8, 4) is 0 Å². The highest BCUT2D eigenvalue weighted by Gasteiger charge is 2.37. The molecular formula is C22H30N4O2. The van der Waals surface area contributed by atoms with Crippen LogP contribution in [0.5, 0.6) is 0 Å². The fourth-order valence-electron chi connectivity index (χ4n) is 4.63. The van der Waals surface area contributed by atoms with Crippen LogP contribution in [0.15, 0.2) is 41.1 Å². The third-order valence-corrected chi connectivity index (χ3v) is 6.06. The zero-order valence-electron chi connectivity index (χ0n) is 16.7. The van der Waals surface area contributed by atoms with Gasteiger partial charge in [-0.3, -0.25) is 15.6 Å². The maximum atomic E-state index is 13.1. The van der Waals surface area contributed by atoms with Crippen molar-refractivity contribution in [2.45, 2.75) is 45.1 Å². The van der Waals surface area contributed by atoms with Crippen LogP contribution in [0.25, 0.3) is 0 Å². The molecule has 0 aliphatic carbocycles. The minimum absolute atomic E-state index is 0.00714. The first-order valence-corrected chi connectivity index (χ1v) is 10.4. The molecule has 0 bridgehead atoms. The summed E-state index contributed by atoms with van der Waals surface area (Å²) in [4.78, 5) is 19.3. The molecule has 0 saturated carbocycles. The molecule has 0 radical (unpaired) electrons. The maximum absolute atomic E-state index is 13.1. The van der Waals surface area contributed by atoms with Crippen LogP contribution in [-0.2, 0) is 6.42 Å². The Kier molecular flexibility index (Phi) is 5.78. The molecule has 2 aromatic rings. The summed E-state index contributed by atoms with van der Waals surface area (Å²) >= 11 is 0. The number of nitrogens with one attached hydrogen (secondary N) is 2. The summed E-state index contributed by atoms with van der Waals surface area (Å²) in [7, 11) is 0. The molecule has 150 valence electrons. The van der Waals surface area contributed by atoms with Gasteiger partial charge in [-0.25, -0.2) is 4.98 Å². The Bertz CT molecular complexity index is 789. The smallest absolute Gasteiger partial charge is 0.276 e. The van der Waals surface area contributed by atoms with Crippen molar-refractivity contribution in [3.05, 3.63) is 53.7 Å². The highest BCUT2D eigenvalue weighted by atomic mass is 16.3. The van der Waals surface area contributed by atoms with Gasteiger partial charge in [0.2, 0.25) is 0 Å². The summed E-state index contributed by atoms with van der Waals surface area (Å²) in [6.45, 7) is 6.58. The first-order valence-electron chi connectivity index (χ1n) is 10.4. The number of carbonyl (C=O) groups excluding carboxylic acids is 1. The molecule has 2 saturated heterocycles. The number of piperidine rings is 1. The number of rotatable bonds is 5. The lowest BCUT2D eigenvalue weighted by Gasteiger charge is -2.37. The molecule has 3 atom stereocenters. The number of hydrogen-bond donors (Lipinski definition) is 2. The average Bonchev–Trinajstić information content (AvgIpc) is 3.38. The van der Waals surface area contributed by atoms with Gasteiger partial charge in [-0.15, -0.1) is 0 Å². The van der Waals surface area contributed by atoms with E-state index in [-0.39, 0.29) is 11.8 Å². The lowest BCUT2D eigenvalue weighted by atomic mass is 9.81. The Labute approximate surface area is 166 Å². The molecule has 1 aromatic carbocycles. The number of likely N-dealkylation sites (tertiary alicyclic amines) is 1. The summed E-state index contributed by atoms with van der Waals surface area (Å²) in [5.74, 6) is 1.82. The van der Waals surface area contributed by atoms with E-state index in [1.54, 1.807) is 0 Å². The summed E-state index contributed by atoms with van der Waals surface area (Å²) < 4.78 is 5.47. The fraction of sp³-hybridized carbons (Fsp3) is 0.545. The summed E-state index contributed by atoms with van der Waals surface area (Å²) in [6, 6.07) is 11.0. The standard InChI is InChI=1S/C22H30N4O2/c1-15(2)21-20(23-14-28-21)22(27)26-10-6-9-17(13-26)19-18(12-24-25-19)11-16-7-4-3-5-8-16/h3-5,7-8,14-15,17-19,24-25H,6,9-13H2,1-2H3. The van der Waals surface area contributed by atoms with Crippen molar-refractivity contribution < 1.29 is 9.21 Å². The van der Waals surface area contributed by atoms with Crippen LogP contribution < -0.4 is 10.9 Å². The number of hydrazine groups is 1.